The molecule has 0 saturated heterocycles. The number of rotatable bonds is 2. The average molecular weight is 217 g/mol. The highest BCUT2D eigenvalue weighted by Crippen LogP contribution is 2.41. The highest BCUT2D eigenvalue weighted by molar-refractivity contribution is 5.00. The van der Waals surface area contributed by atoms with Crippen LogP contribution in [0.3, 0.4) is 0 Å². The molecule has 0 heterocycles. The van der Waals surface area contributed by atoms with Crippen molar-refractivity contribution in [3.05, 3.63) is 12.2 Å². The van der Waals surface area contributed by atoms with Gasteiger partial charge in [0.05, 0.1) is 11.5 Å². The third kappa shape index (κ3) is 2.88. The van der Waals surface area contributed by atoms with Gasteiger partial charge in [-0.15, -0.1) is 0 Å². The average Bonchev–Trinajstić information content (AvgIpc) is 2.34. The van der Waals surface area contributed by atoms with Crippen molar-refractivity contribution >= 4 is 0 Å². The van der Waals surface area contributed by atoms with E-state index in [1.54, 1.807) is 0 Å². The van der Waals surface area contributed by atoms with E-state index in [9.17, 15) is 0 Å². The van der Waals surface area contributed by atoms with E-state index in [0.29, 0.717) is 0 Å². The summed E-state index contributed by atoms with van der Waals surface area (Å²) in [7, 11) is 0. The van der Waals surface area contributed by atoms with Gasteiger partial charge in [-0.05, 0) is 70.1 Å². The van der Waals surface area contributed by atoms with Crippen LogP contribution in [-0.4, -0.2) is 0 Å². The van der Waals surface area contributed by atoms with E-state index in [-0.39, 0.29) is 5.41 Å². The van der Waals surface area contributed by atoms with Crippen LogP contribution in [0.1, 0.15) is 58.3 Å². The number of hydrogen-bond acceptors (Lipinski definition) is 1. The number of nitrogens with zero attached hydrogens (tertiary/aromatic N) is 1. The molecule has 0 bridgehead atoms. The maximum absolute atomic E-state index is 9.10. The number of hydrogen-bond donors (Lipinski definition) is 0. The fourth-order valence-electron chi connectivity index (χ4n) is 3.17. The summed E-state index contributed by atoms with van der Waals surface area (Å²) in [5.41, 5.74) is -0.0150. The van der Waals surface area contributed by atoms with Crippen LogP contribution in [0.2, 0.25) is 0 Å². The molecule has 2 aliphatic rings. The quantitative estimate of drug-likeness (QED) is 0.627. The Kier molecular flexibility index (Phi) is 3.69. The summed E-state index contributed by atoms with van der Waals surface area (Å²) in [6.45, 7) is 2.13. The van der Waals surface area contributed by atoms with E-state index >= 15 is 0 Å². The van der Waals surface area contributed by atoms with Crippen molar-refractivity contribution in [1.29, 1.82) is 5.26 Å². The molecule has 1 nitrogen and oxygen atoms in total. The Morgan fingerprint density at radius 1 is 1.31 bits per heavy atom. The first kappa shape index (κ1) is 11.7. The van der Waals surface area contributed by atoms with Crippen molar-refractivity contribution in [3.63, 3.8) is 0 Å². The molecule has 16 heavy (non-hydrogen) atoms. The van der Waals surface area contributed by atoms with Gasteiger partial charge < -0.3 is 0 Å². The summed E-state index contributed by atoms with van der Waals surface area (Å²) in [4.78, 5) is 0. The summed E-state index contributed by atoms with van der Waals surface area (Å²) in [5, 5.41) is 9.10. The van der Waals surface area contributed by atoms with Gasteiger partial charge >= 0.3 is 0 Å². The first-order valence-electron chi connectivity index (χ1n) is 6.80. The predicted octanol–water partition coefficient (Wildman–Crippen LogP) is 4.45. The topological polar surface area (TPSA) is 23.8 Å². The molecule has 0 spiro atoms. The lowest BCUT2D eigenvalue weighted by atomic mass is 9.70. The molecule has 0 aromatic heterocycles. The molecule has 1 saturated carbocycles. The van der Waals surface area contributed by atoms with Crippen LogP contribution < -0.4 is 0 Å². The first-order valence-corrected chi connectivity index (χ1v) is 6.80. The van der Waals surface area contributed by atoms with E-state index in [1.807, 2.05) is 0 Å². The molecule has 1 unspecified atom stereocenters. The smallest absolute Gasteiger partial charge is 0.0686 e. The van der Waals surface area contributed by atoms with Gasteiger partial charge in [0.25, 0.3) is 0 Å². The van der Waals surface area contributed by atoms with Crippen molar-refractivity contribution in [2.75, 3.05) is 0 Å². The highest BCUT2D eigenvalue weighted by Gasteiger charge is 2.31. The van der Waals surface area contributed by atoms with E-state index in [1.165, 1.54) is 38.5 Å². The van der Waals surface area contributed by atoms with Crippen LogP contribution in [0.5, 0.6) is 0 Å². The van der Waals surface area contributed by atoms with Crippen LogP contribution >= 0.6 is 0 Å². The minimum atomic E-state index is -0.0150. The lowest BCUT2D eigenvalue weighted by Crippen LogP contribution is -2.24. The predicted molar refractivity (Wildman–Crippen MR) is 66.8 cm³/mol. The van der Waals surface area contributed by atoms with E-state index in [2.05, 4.69) is 25.1 Å². The molecule has 1 atom stereocenters. The molecule has 0 aromatic carbocycles. The molecule has 0 radical (unpaired) electrons. The van der Waals surface area contributed by atoms with E-state index < -0.39 is 0 Å². The fraction of sp³-hybridized carbons (Fsp3) is 0.800. The Bertz CT molecular complexity index is 289. The standard InChI is InChI=1S/C15H23N/c1-15(12-16)9-7-14(8-10-15)11-13-5-3-2-4-6-13/h3,5,13-14H,2,4,6-11H2,1H3. The van der Waals surface area contributed by atoms with Gasteiger partial charge in [0.1, 0.15) is 0 Å². The zero-order chi connectivity index (χ0) is 11.4. The van der Waals surface area contributed by atoms with Crippen molar-refractivity contribution in [2.45, 2.75) is 58.3 Å². The Morgan fingerprint density at radius 3 is 2.62 bits per heavy atom. The summed E-state index contributed by atoms with van der Waals surface area (Å²) >= 11 is 0. The van der Waals surface area contributed by atoms with Crippen molar-refractivity contribution in [2.24, 2.45) is 17.3 Å². The SMILES string of the molecule is CC1(C#N)CCC(CC2C=CCCC2)CC1. The molecule has 1 fully saturated rings. The second-order valence-corrected chi connectivity index (χ2v) is 5.97. The molecule has 0 N–H and O–H groups in total. The highest BCUT2D eigenvalue weighted by atomic mass is 14.4. The van der Waals surface area contributed by atoms with Crippen molar-refractivity contribution in [1.82, 2.24) is 0 Å². The first-order chi connectivity index (χ1) is 7.72. The third-order valence-electron chi connectivity index (χ3n) is 4.47. The monoisotopic (exact) mass is 217 g/mol. The molecule has 2 rings (SSSR count). The molecular formula is C15H23N. The Morgan fingerprint density at radius 2 is 2.06 bits per heavy atom. The van der Waals surface area contributed by atoms with Gasteiger partial charge in [0, 0.05) is 0 Å². The van der Waals surface area contributed by atoms with Gasteiger partial charge in [-0.1, -0.05) is 12.2 Å². The molecule has 0 aliphatic heterocycles. The fourth-order valence-corrected chi connectivity index (χ4v) is 3.17. The maximum Gasteiger partial charge on any atom is 0.0686 e. The summed E-state index contributed by atoms with van der Waals surface area (Å²) in [6.07, 6.45) is 15.0. The lowest BCUT2D eigenvalue weighted by Gasteiger charge is -2.33. The Hall–Kier alpha value is -0.770. The van der Waals surface area contributed by atoms with E-state index in [4.69, 9.17) is 5.26 Å². The normalized spacial score (nSPS) is 39.2. The van der Waals surface area contributed by atoms with Crippen LogP contribution in [0.25, 0.3) is 0 Å². The lowest BCUT2D eigenvalue weighted by molar-refractivity contribution is 0.206. The Balaban J connectivity index is 1.79. The van der Waals surface area contributed by atoms with Crippen LogP contribution in [-0.2, 0) is 0 Å². The van der Waals surface area contributed by atoms with E-state index in [0.717, 1.165) is 24.7 Å². The molecule has 0 aromatic rings. The molecule has 1 heteroatoms. The van der Waals surface area contributed by atoms with Crippen molar-refractivity contribution < 1.29 is 0 Å². The molecule has 2 aliphatic carbocycles. The van der Waals surface area contributed by atoms with Crippen LogP contribution in [0, 0.1) is 28.6 Å². The number of nitriles is 1. The largest absolute Gasteiger partial charge is 0.198 e. The maximum atomic E-state index is 9.10. The van der Waals surface area contributed by atoms with Crippen molar-refractivity contribution in [3.8, 4) is 6.07 Å². The second kappa shape index (κ2) is 5.04. The summed E-state index contributed by atoms with van der Waals surface area (Å²) in [6, 6.07) is 2.49. The van der Waals surface area contributed by atoms with Gasteiger partial charge in [-0.3, -0.25) is 0 Å². The molecular weight excluding hydrogens is 194 g/mol. The zero-order valence-electron chi connectivity index (χ0n) is 10.4. The summed E-state index contributed by atoms with van der Waals surface area (Å²) < 4.78 is 0. The summed E-state index contributed by atoms with van der Waals surface area (Å²) in [5.74, 6) is 1.72. The van der Waals surface area contributed by atoms with Gasteiger partial charge in [0.15, 0.2) is 0 Å². The molecule has 0 amide bonds. The van der Waals surface area contributed by atoms with Gasteiger partial charge in [-0.25, -0.2) is 0 Å². The molecule has 88 valence electrons. The van der Waals surface area contributed by atoms with Gasteiger partial charge in [-0.2, -0.15) is 5.26 Å². The minimum Gasteiger partial charge on any atom is -0.198 e. The van der Waals surface area contributed by atoms with Crippen LogP contribution in [0.4, 0.5) is 0 Å². The Labute approximate surface area is 99.5 Å². The minimum absolute atomic E-state index is 0.0150. The zero-order valence-corrected chi connectivity index (χ0v) is 10.4. The van der Waals surface area contributed by atoms with Gasteiger partial charge in [0.2, 0.25) is 0 Å². The van der Waals surface area contributed by atoms with Crippen LogP contribution in [0.15, 0.2) is 12.2 Å². The second-order valence-electron chi connectivity index (χ2n) is 5.97. The number of allylic oxidation sites excluding steroid dienone is 2. The third-order valence-corrected chi connectivity index (χ3v) is 4.47.